The molecular formula is C12H20N4O4S2. The number of carbonyl (C=O) groups excluding carboxylic acids is 1. The van der Waals surface area contributed by atoms with Crippen molar-refractivity contribution >= 4 is 32.4 Å². The fourth-order valence-corrected chi connectivity index (χ4v) is 3.44. The molecule has 0 bridgehead atoms. The minimum atomic E-state index is -3.18. The summed E-state index contributed by atoms with van der Waals surface area (Å²) in [6.07, 6.45) is 2.96. The number of nitrogens with zero attached hydrogens (tertiary/aromatic N) is 2. The Balaban J connectivity index is 1.63. The first-order valence-corrected chi connectivity index (χ1v) is 9.65. The third kappa shape index (κ3) is 5.61. The Morgan fingerprint density at radius 2 is 2.41 bits per heavy atom. The minimum absolute atomic E-state index is 0.107. The van der Waals surface area contributed by atoms with Crippen molar-refractivity contribution in [3.05, 3.63) is 11.6 Å². The summed E-state index contributed by atoms with van der Waals surface area (Å²) in [7, 11) is -3.18. The summed E-state index contributed by atoms with van der Waals surface area (Å²) in [5.41, 5.74) is 0. The molecule has 0 radical (unpaired) electrons. The van der Waals surface area contributed by atoms with E-state index < -0.39 is 10.0 Å². The normalized spacial score (nSPS) is 20.0. The summed E-state index contributed by atoms with van der Waals surface area (Å²) in [5, 5.41) is 8.19. The summed E-state index contributed by atoms with van der Waals surface area (Å²) in [6, 6.07) is 0. The zero-order valence-corrected chi connectivity index (χ0v) is 14.0. The Morgan fingerprint density at radius 3 is 3.09 bits per heavy atom. The van der Waals surface area contributed by atoms with Crippen LogP contribution in [0.15, 0.2) is 11.6 Å². The summed E-state index contributed by atoms with van der Waals surface area (Å²) >= 11 is 1.37. The van der Waals surface area contributed by atoms with Gasteiger partial charge in [0.15, 0.2) is 5.13 Å². The zero-order chi connectivity index (χ0) is 16.0. The predicted octanol–water partition coefficient (Wildman–Crippen LogP) is -0.278. The fourth-order valence-electron chi connectivity index (χ4n) is 2.05. The van der Waals surface area contributed by atoms with Crippen molar-refractivity contribution in [2.45, 2.75) is 12.5 Å². The molecule has 1 aromatic heterocycles. The van der Waals surface area contributed by atoms with Gasteiger partial charge in [0.05, 0.1) is 19.0 Å². The Kier molecular flexibility index (Phi) is 6.26. The van der Waals surface area contributed by atoms with Crippen LogP contribution in [0.3, 0.4) is 0 Å². The van der Waals surface area contributed by atoms with E-state index in [1.165, 1.54) is 21.9 Å². The Labute approximate surface area is 133 Å². The van der Waals surface area contributed by atoms with Crippen molar-refractivity contribution < 1.29 is 17.9 Å². The molecule has 2 rings (SSSR count). The molecule has 1 aromatic rings. The van der Waals surface area contributed by atoms with E-state index in [0.717, 1.165) is 0 Å². The van der Waals surface area contributed by atoms with Gasteiger partial charge in [0.25, 0.3) is 0 Å². The molecule has 1 fully saturated rings. The van der Waals surface area contributed by atoms with Crippen LogP contribution in [0.1, 0.15) is 6.42 Å². The average Bonchev–Trinajstić information content (AvgIpc) is 2.96. The SMILES string of the molecule is CS(=O)(=O)N1CCO[C@@H](CNCCC(=O)Nc2nccs2)C1. The van der Waals surface area contributed by atoms with Crippen molar-refractivity contribution in [2.24, 2.45) is 0 Å². The second kappa shape index (κ2) is 7.97. The number of thiazole rings is 1. The summed E-state index contributed by atoms with van der Waals surface area (Å²) in [4.78, 5) is 15.6. The van der Waals surface area contributed by atoms with Gasteiger partial charge in [-0.25, -0.2) is 13.4 Å². The number of sulfonamides is 1. The van der Waals surface area contributed by atoms with Crippen molar-refractivity contribution in [3.63, 3.8) is 0 Å². The van der Waals surface area contributed by atoms with E-state index in [2.05, 4.69) is 15.6 Å². The molecule has 0 unspecified atom stereocenters. The summed E-state index contributed by atoms with van der Waals surface area (Å²) in [6.45, 7) is 2.14. The number of rotatable bonds is 7. The predicted molar refractivity (Wildman–Crippen MR) is 84.4 cm³/mol. The number of nitrogens with one attached hydrogen (secondary N) is 2. The van der Waals surface area contributed by atoms with E-state index in [1.807, 2.05) is 0 Å². The minimum Gasteiger partial charge on any atom is -0.374 e. The van der Waals surface area contributed by atoms with Crippen LogP contribution in [0.5, 0.6) is 0 Å². The quantitative estimate of drug-likeness (QED) is 0.658. The number of hydrogen-bond donors (Lipinski definition) is 2. The van der Waals surface area contributed by atoms with Gasteiger partial charge in [0, 0.05) is 44.2 Å². The number of amides is 1. The molecule has 2 N–H and O–H groups in total. The number of aromatic nitrogens is 1. The van der Waals surface area contributed by atoms with Gasteiger partial charge in [-0.2, -0.15) is 4.31 Å². The second-order valence-electron chi connectivity index (χ2n) is 4.95. The maximum Gasteiger partial charge on any atom is 0.227 e. The molecule has 0 aromatic carbocycles. The topological polar surface area (TPSA) is 101 Å². The molecule has 8 nitrogen and oxygen atoms in total. The lowest BCUT2D eigenvalue weighted by Gasteiger charge is -2.31. The van der Waals surface area contributed by atoms with Crippen LogP contribution < -0.4 is 10.6 Å². The van der Waals surface area contributed by atoms with E-state index in [9.17, 15) is 13.2 Å². The van der Waals surface area contributed by atoms with Crippen molar-refractivity contribution in [1.29, 1.82) is 0 Å². The number of morpholine rings is 1. The zero-order valence-electron chi connectivity index (χ0n) is 12.3. The van der Waals surface area contributed by atoms with Gasteiger partial charge in [0.2, 0.25) is 15.9 Å². The first kappa shape index (κ1) is 17.3. The lowest BCUT2D eigenvalue weighted by atomic mass is 10.3. The van der Waals surface area contributed by atoms with Gasteiger partial charge in [-0.15, -0.1) is 11.3 Å². The molecule has 1 aliphatic rings. The Hall–Kier alpha value is -1.07. The molecule has 1 amide bonds. The molecule has 124 valence electrons. The van der Waals surface area contributed by atoms with Crippen LogP contribution in [0, 0.1) is 0 Å². The van der Waals surface area contributed by atoms with Gasteiger partial charge >= 0.3 is 0 Å². The third-order valence-electron chi connectivity index (χ3n) is 3.15. The fraction of sp³-hybridized carbons (Fsp3) is 0.667. The van der Waals surface area contributed by atoms with Gasteiger partial charge in [-0.1, -0.05) is 0 Å². The summed E-state index contributed by atoms with van der Waals surface area (Å²) in [5.74, 6) is -0.107. The van der Waals surface area contributed by atoms with E-state index in [4.69, 9.17) is 4.74 Å². The lowest BCUT2D eigenvalue weighted by molar-refractivity contribution is -0.116. The van der Waals surface area contributed by atoms with Gasteiger partial charge < -0.3 is 15.4 Å². The van der Waals surface area contributed by atoms with Crippen LogP contribution in [-0.4, -0.2) is 68.8 Å². The van der Waals surface area contributed by atoms with Gasteiger partial charge in [-0.05, 0) is 0 Å². The van der Waals surface area contributed by atoms with Crippen molar-refractivity contribution in [3.8, 4) is 0 Å². The number of hydrogen-bond acceptors (Lipinski definition) is 7. The van der Waals surface area contributed by atoms with Gasteiger partial charge in [-0.3, -0.25) is 4.79 Å². The first-order valence-electron chi connectivity index (χ1n) is 6.92. The van der Waals surface area contributed by atoms with Crippen LogP contribution in [0.25, 0.3) is 0 Å². The molecular weight excluding hydrogens is 328 g/mol. The van der Waals surface area contributed by atoms with E-state index in [0.29, 0.717) is 44.3 Å². The van der Waals surface area contributed by atoms with Crippen molar-refractivity contribution in [2.75, 3.05) is 44.4 Å². The molecule has 22 heavy (non-hydrogen) atoms. The number of anilines is 1. The monoisotopic (exact) mass is 348 g/mol. The highest BCUT2D eigenvalue weighted by Crippen LogP contribution is 2.10. The molecule has 1 atom stereocenters. The van der Waals surface area contributed by atoms with Gasteiger partial charge in [0.1, 0.15) is 0 Å². The highest BCUT2D eigenvalue weighted by atomic mass is 32.2. The Bertz CT molecular complexity index is 576. The molecule has 1 aliphatic heterocycles. The second-order valence-corrected chi connectivity index (χ2v) is 7.83. The van der Waals surface area contributed by atoms with Crippen LogP contribution in [0.4, 0.5) is 5.13 Å². The third-order valence-corrected chi connectivity index (χ3v) is 5.11. The van der Waals surface area contributed by atoms with Crippen LogP contribution in [-0.2, 0) is 19.6 Å². The van der Waals surface area contributed by atoms with Crippen molar-refractivity contribution in [1.82, 2.24) is 14.6 Å². The summed E-state index contributed by atoms with van der Waals surface area (Å²) < 4.78 is 29.9. The average molecular weight is 348 g/mol. The first-order chi connectivity index (χ1) is 10.4. The largest absolute Gasteiger partial charge is 0.374 e. The van der Waals surface area contributed by atoms with E-state index in [-0.39, 0.29) is 12.0 Å². The molecule has 0 spiro atoms. The lowest BCUT2D eigenvalue weighted by Crippen LogP contribution is -2.48. The van der Waals surface area contributed by atoms with E-state index in [1.54, 1.807) is 11.6 Å². The molecule has 1 saturated heterocycles. The van der Waals surface area contributed by atoms with Crippen LogP contribution in [0.2, 0.25) is 0 Å². The molecule has 0 saturated carbocycles. The number of carbonyl (C=O) groups is 1. The maximum absolute atomic E-state index is 11.6. The smallest absolute Gasteiger partial charge is 0.227 e. The number of ether oxygens (including phenoxy) is 1. The maximum atomic E-state index is 11.6. The highest BCUT2D eigenvalue weighted by molar-refractivity contribution is 7.88. The highest BCUT2D eigenvalue weighted by Gasteiger charge is 2.26. The molecule has 0 aliphatic carbocycles. The molecule has 10 heteroatoms. The molecule has 2 heterocycles. The van der Waals surface area contributed by atoms with Crippen LogP contribution >= 0.6 is 11.3 Å². The standard InChI is InChI=1S/C12H20N4O4S2/c1-22(18,19)16-5-6-20-10(9-16)8-13-3-2-11(17)15-12-14-4-7-21-12/h4,7,10,13H,2-3,5-6,8-9H2,1H3,(H,14,15,17)/t10-/m0/s1. The Morgan fingerprint density at radius 1 is 1.59 bits per heavy atom. The van der Waals surface area contributed by atoms with E-state index >= 15 is 0 Å².